The molecule has 2 saturated carbocycles. The fourth-order valence-electron chi connectivity index (χ4n) is 4.55. The predicted molar refractivity (Wildman–Crippen MR) is 103 cm³/mol. The van der Waals surface area contributed by atoms with Crippen molar-refractivity contribution in [1.29, 1.82) is 0 Å². The molecule has 4 heteroatoms. The summed E-state index contributed by atoms with van der Waals surface area (Å²) in [7, 11) is 0. The maximum absolute atomic E-state index is 12.7. The van der Waals surface area contributed by atoms with Crippen LogP contribution in [0.2, 0.25) is 0 Å². The highest BCUT2D eigenvalue weighted by atomic mass is 35.5. The molecule has 142 valence electrons. The zero-order valence-corrected chi connectivity index (χ0v) is 16.6. The second-order valence-electron chi connectivity index (χ2n) is 7.59. The highest BCUT2D eigenvalue weighted by molar-refractivity contribution is 5.85. The molecule has 1 atom stereocenters. The van der Waals surface area contributed by atoms with Gasteiger partial charge in [-0.15, -0.1) is 12.4 Å². The molecule has 0 spiro atoms. The number of esters is 1. The van der Waals surface area contributed by atoms with Crippen molar-refractivity contribution >= 4 is 18.4 Å². The Balaban J connectivity index is 0.00000288. The van der Waals surface area contributed by atoms with E-state index in [2.05, 4.69) is 18.7 Å². The quantitative estimate of drug-likeness (QED) is 0.538. The van der Waals surface area contributed by atoms with Gasteiger partial charge >= 0.3 is 5.97 Å². The van der Waals surface area contributed by atoms with Crippen LogP contribution in [0.4, 0.5) is 0 Å². The van der Waals surface area contributed by atoms with Crippen LogP contribution in [0.5, 0.6) is 0 Å². The van der Waals surface area contributed by atoms with Crippen molar-refractivity contribution in [3.63, 3.8) is 0 Å². The minimum atomic E-state index is 0. The van der Waals surface area contributed by atoms with Gasteiger partial charge in [-0.1, -0.05) is 58.8 Å². The van der Waals surface area contributed by atoms with Crippen molar-refractivity contribution in [1.82, 2.24) is 4.90 Å². The first-order valence-electron chi connectivity index (χ1n) is 10.1. The molecule has 0 aromatic rings. The average molecular weight is 360 g/mol. The largest absolute Gasteiger partial charge is 0.464 e. The maximum Gasteiger partial charge on any atom is 0.309 e. The summed E-state index contributed by atoms with van der Waals surface area (Å²) in [5, 5.41) is 0. The molecule has 0 aromatic heterocycles. The van der Waals surface area contributed by atoms with Crippen molar-refractivity contribution in [2.24, 2.45) is 17.8 Å². The minimum Gasteiger partial charge on any atom is -0.464 e. The fourth-order valence-corrected chi connectivity index (χ4v) is 4.55. The van der Waals surface area contributed by atoms with Gasteiger partial charge in [0, 0.05) is 6.54 Å². The van der Waals surface area contributed by atoms with Gasteiger partial charge in [0.25, 0.3) is 0 Å². The van der Waals surface area contributed by atoms with Gasteiger partial charge in [0.2, 0.25) is 0 Å². The highest BCUT2D eigenvalue weighted by Crippen LogP contribution is 2.38. The van der Waals surface area contributed by atoms with E-state index in [-0.39, 0.29) is 24.3 Å². The van der Waals surface area contributed by atoms with Crippen LogP contribution >= 0.6 is 12.4 Å². The van der Waals surface area contributed by atoms with E-state index in [4.69, 9.17) is 4.74 Å². The number of carbonyl (C=O) groups is 1. The van der Waals surface area contributed by atoms with Crippen molar-refractivity contribution in [2.75, 3.05) is 26.2 Å². The molecule has 2 rings (SSSR count). The molecular formula is C20H38ClNO2. The number of rotatable bonds is 9. The molecule has 0 N–H and O–H groups in total. The van der Waals surface area contributed by atoms with E-state index in [0.717, 1.165) is 32.0 Å². The summed E-state index contributed by atoms with van der Waals surface area (Å²) in [6.07, 6.45) is 12.9. The number of hydrogen-bond acceptors (Lipinski definition) is 3. The molecule has 2 fully saturated rings. The van der Waals surface area contributed by atoms with Crippen LogP contribution in [0.1, 0.15) is 78.1 Å². The van der Waals surface area contributed by atoms with Gasteiger partial charge in [-0.3, -0.25) is 4.79 Å². The topological polar surface area (TPSA) is 29.5 Å². The van der Waals surface area contributed by atoms with E-state index in [0.29, 0.717) is 12.5 Å². The molecular weight excluding hydrogens is 322 g/mol. The van der Waals surface area contributed by atoms with Crippen LogP contribution in [0.3, 0.4) is 0 Å². The second kappa shape index (κ2) is 12.1. The summed E-state index contributed by atoms with van der Waals surface area (Å²) >= 11 is 0. The third-order valence-electron chi connectivity index (χ3n) is 6.13. The molecule has 0 aromatic carbocycles. The smallest absolute Gasteiger partial charge is 0.309 e. The minimum absolute atomic E-state index is 0. The molecule has 2 aliphatic rings. The van der Waals surface area contributed by atoms with Gasteiger partial charge in [0.05, 0.1) is 5.92 Å². The highest BCUT2D eigenvalue weighted by Gasteiger charge is 2.34. The van der Waals surface area contributed by atoms with Crippen LogP contribution in [0, 0.1) is 17.8 Å². The maximum atomic E-state index is 12.7. The summed E-state index contributed by atoms with van der Waals surface area (Å²) in [4.78, 5) is 15.0. The Morgan fingerprint density at radius 3 is 2.17 bits per heavy atom. The first-order valence-corrected chi connectivity index (χ1v) is 10.1. The Kier molecular flexibility index (Phi) is 11.0. The Labute approximate surface area is 155 Å². The van der Waals surface area contributed by atoms with E-state index in [1.165, 1.54) is 57.8 Å². The Morgan fingerprint density at radius 2 is 1.58 bits per heavy atom. The number of halogens is 1. The Morgan fingerprint density at radius 1 is 1.00 bits per heavy atom. The predicted octanol–water partition coefficient (Wildman–Crippen LogP) is 5.07. The molecule has 0 radical (unpaired) electrons. The summed E-state index contributed by atoms with van der Waals surface area (Å²) in [5.41, 5.74) is 0. The lowest BCUT2D eigenvalue weighted by Crippen LogP contribution is -2.31. The Bertz CT molecular complexity index is 335. The van der Waals surface area contributed by atoms with Crippen molar-refractivity contribution in [3.05, 3.63) is 0 Å². The van der Waals surface area contributed by atoms with Crippen molar-refractivity contribution in [3.8, 4) is 0 Å². The van der Waals surface area contributed by atoms with Gasteiger partial charge in [0.1, 0.15) is 6.61 Å². The van der Waals surface area contributed by atoms with Gasteiger partial charge in [-0.05, 0) is 44.2 Å². The van der Waals surface area contributed by atoms with Gasteiger partial charge < -0.3 is 9.64 Å². The summed E-state index contributed by atoms with van der Waals surface area (Å²) in [5.74, 6) is 1.65. The summed E-state index contributed by atoms with van der Waals surface area (Å²) in [6.45, 7) is 7.82. The van der Waals surface area contributed by atoms with E-state index < -0.39 is 0 Å². The molecule has 0 amide bonds. The molecule has 24 heavy (non-hydrogen) atoms. The van der Waals surface area contributed by atoms with Gasteiger partial charge in [-0.25, -0.2) is 0 Å². The standard InChI is InChI=1S/C20H37NO2.ClH/c1-3-21(4-2)14-15-23-20(22)19(18-12-8-9-13-18)16-17-10-6-5-7-11-17;/h17-19H,3-16H2,1-2H3;1H. The normalized spacial score (nSPS) is 20.8. The number of nitrogens with zero attached hydrogens (tertiary/aromatic N) is 1. The van der Waals surface area contributed by atoms with Crippen molar-refractivity contribution < 1.29 is 9.53 Å². The monoisotopic (exact) mass is 359 g/mol. The number of ether oxygens (including phenoxy) is 1. The van der Waals surface area contributed by atoms with Crippen LogP contribution < -0.4 is 0 Å². The summed E-state index contributed by atoms with van der Waals surface area (Å²) in [6, 6.07) is 0. The number of carbonyl (C=O) groups excluding carboxylic acids is 1. The lowest BCUT2D eigenvalue weighted by atomic mass is 9.78. The second-order valence-corrected chi connectivity index (χ2v) is 7.59. The first-order chi connectivity index (χ1) is 11.2. The third kappa shape index (κ3) is 6.92. The van der Waals surface area contributed by atoms with E-state index in [1.54, 1.807) is 0 Å². The SMILES string of the molecule is CCN(CC)CCOC(=O)C(CC1CCCCC1)C1CCCC1.Cl. The lowest BCUT2D eigenvalue weighted by molar-refractivity contribution is -0.151. The zero-order chi connectivity index (χ0) is 16.5. The number of likely N-dealkylation sites (N-methyl/N-ethyl adjacent to an activating group) is 1. The number of hydrogen-bond donors (Lipinski definition) is 0. The van der Waals surface area contributed by atoms with Crippen LogP contribution in [-0.4, -0.2) is 37.1 Å². The Hall–Kier alpha value is -0.280. The summed E-state index contributed by atoms with van der Waals surface area (Å²) < 4.78 is 5.71. The van der Waals surface area contributed by atoms with Gasteiger partial charge in [0.15, 0.2) is 0 Å². The molecule has 3 nitrogen and oxygen atoms in total. The van der Waals surface area contributed by atoms with Crippen molar-refractivity contribution in [2.45, 2.75) is 78.1 Å². The van der Waals surface area contributed by atoms with E-state index in [1.807, 2.05) is 0 Å². The third-order valence-corrected chi connectivity index (χ3v) is 6.13. The molecule has 2 aliphatic carbocycles. The average Bonchev–Trinajstić information content (AvgIpc) is 3.11. The fraction of sp³-hybridized carbons (Fsp3) is 0.950. The lowest BCUT2D eigenvalue weighted by Gasteiger charge is -2.29. The van der Waals surface area contributed by atoms with Crippen LogP contribution in [-0.2, 0) is 9.53 Å². The molecule has 1 unspecified atom stereocenters. The first kappa shape index (κ1) is 21.8. The molecule has 0 heterocycles. The van der Waals surface area contributed by atoms with Gasteiger partial charge in [-0.2, -0.15) is 0 Å². The molecule has 0 aliphatic heterocycles. The van der Waals surface area contributed by atoms with Crippen LogP contribution in [0.15, 0.2) is 0 Å². The molecule has 0 saturated heterocycles. The van der Waals surface area contributed by atoms with Crippen LogP contribution in [0.25, 0.3) is 0 Å². The van der Waals surface area contributed by atoms with E-state index in [9.17, 15) is 4.79 Å². The molecule has 0 bridgehead atoms. The van der Waals surface area contributed by atoms with E-state index >= 15 is 0 Å². The zero-order valence-electron chi connectivity index (χ0n) is 15.8.